The molecule has 2 aliphatic rings. The Hall–Kier alpha value is -2.18. The number of furan rings is 1. The molecular formula is C22H30N4O2. The Balaban J connectivity index is 1.23. The van der Waals surface area contributed by atoms with Gasteiger partial charge in [0.25, 0.3) is 0 Å². The van der Waals surface area contributed by atoms with Crippen LogP contribution in [0.5, 0.6) is 0 Å². The molecule has 6 heteroatoms. The lowest BCUT2D eigenvalue weighted by atomic mass is 9.93. The predicted octanol–water partition coefficient (Wildman–Crippen LogP) is 2.67. The number of likely N-dealkylation sites (tertiary alicyclic amines) is 2. The quantitative estimate of drug-likeness (QED) is 0.832. The van der Waals surface area contributed by atoms with Gasteiger partial charge in [0.05, 0.1) is 18.4 Å². The average Bonchev–Trinajstić information content (AvgIpc) is 3.27. The van der Waals surface area contributed by atoms with Gasteiger partial charge in [-0.1, -0.05) is 0 Å². The standard InChI is InChI=1S/C22H30N4O2/c27-22(24-14-19-7-13-28-17-19)20-2-1-10-26(16-20)21-5-11-25(12-6-21)15-18-3-8-23-9-4-18/h3-4,7-9,13,17,20-21H,1-2,5-6,10-12,14-16H2,(H,24,27). The number of nitrogens with zero attached hydrogens (tertiary/aromatic N) is 3. The van der Waals surface area contributed by atoms with Crippen LogP contribution in [0.4, 0.5) is 0 Å². The van der Waals surface area contributed by atoms with Gasteiger partial charge in [0.1, 0.15) is 0 Å². The van der Waals surface area contributed by atoms with E-state index in [-0.39, 0.29) is 11.8 Å². The highest BCUT2D eigenvalue weighted by Crippen LogP contribution is 2.24. The zero-order valence-electron chi connectivity index (χ0n) is 16.4. The Labute approximate surface area is 166 Å². The number of carbonyl (C=O) groups excluding carboxylic acids is 1. The second-order valence-corrected chi connectivity index (χ2v) is 8.05. The van der Waals surface area contributed by atoms with Crippen LogP contribution >= 0.6 is 0 Å². The Bertz CT molecular complexity index is 726. The van der Waals surface area contributed by atoms with Crippen molar-refractivity contribution in [1.29, 1.82) is 0 Å². The summed E-state index contributed by atoms with van der Waals surface area (Å²) in [6, 6.07) is 6.71. The van der Waals surface area contributed by atoms with Crippen LogP contribution in [0.1, 0.15) is 36.8 Å². The number of nitrogens with one attached hydrogen (secondary N) is 1. The second-order valence-electron chi connectivity index (χ2n) is 8.05. The van der Waals surface area contributed by atoms with Gasteiger partial charge in [-0.3, -0.25) is 19.6 Å². The molecular weight excluding hydrogens is 352 g/mol. The fraction of sp³-hybridized carbons (Fsp3) is 0.545. The number of carbonyl (C=O) groups is 1. The number of rotatable bonds is 6. The van der Waals surface area contributed by atoms with E-state index >= 15 is 0 Å². The molecule has 0 spiro atoms. The largest absolute Gasteiger partial charge is 0.472 e. The molecule has 1 amide bonds. The van der Waals surface area contributed by atoms with Crippen molar-refractivity contribution in [1.82, 2.24) is 20.1 Å². The number of hydrogen-bond donors (Lipinski definition) is 1. The number of amides is 1. The molecule has 1 N–H and O–H groups in total. The minimum Gasteiger partial charge on any atom is -0.472 e. The molecule has 0 aliphatic carbocycles. The van der Waals surface area contributed by atoms with Crippen LogP contribution in [0, 0.1) is 5.92 Å². The summed E-state index contributed by atoms with van der Waals surface area (Å²) >= 11 is 0. The summed E-state index contributed by atoms with van der Waals surface area (Å²) in [5, 5.41) is 3.07. The van der Waals surface area contributed by atoms with E-state index in [4.69, 9.17) is 4.42 Å². The third kappa shape index (κ3) is 5.00. The lowest BCUT2D eigenvalue weighted by Crippen LogP contribution is -2.50. The Morgan fingerprint density at radius 1 is 1.11 bits per heavy atom. The topological polar surface area (TPSA) is 61.6 Å². The molecule has 4 heterocycles. The Morgan fingerprint density at radius 3 is 2.68 bits per heavy atom. The predicted molar refractivity (Wildman–Crippen MR) is 107 cm³/mol. The summed E-state index contributed by atoms with van der Waals surface area (Å²) < 4.78 is 5.07. The molecule has 0 radical (unpaired) electrons. The second kappa shape index (κ2) is 9.34. The molecule has 0 bridgehead atoms. The van der Waals surface area contributed by atoms with Crippen LogP contribution in [-0.4, -0.2) is 52.9 Å². The molecule has 0 aromatic carbocycles. The van der Waals surface area contributed by atoms with Gasteiger partial charge >= 0.3 is 0 Å². The maximum atomic E-state index is 12.6. The normalized spacial score (nSPS) is 22.2. The van der Waals surface area contributed by atoms with Crippen molar-refractivity contribution in [3.8, 4) is 0 Å². The average molecular weight is 383 g/mol. The molecule has 4 rings (SSSR count). The van der Waals surface area contributed by atoms with E-state index in [1.54, 1.807) is 12.5 Å². The van der Waals surface area contributed by atoms with Crippen molar-refractivity contribution in [2.24, 2.45) is 5.92 Å². The van der Waals surface area contributed by atoms with Crippen LogP contribution in [0.15, 0.2) is 47.5 Å². The number of aromatic nitrogens is 1. The first-order valence-electron chi connectivity index (χ1n) is 10.4. The first-order valence-corrected chi connectivity index (χ1v) is 10.4. The number of hydrogen-bond acceptors (Lipinski definition) is 5. The van der Waals surface area contributed by atoms with Crippen LogP contribution < -0.4 is 5.32 Å². The lowest BCUT2D eigenvalue weighted by Gasteiger charge is -2.42. The molecule has 2 aromatic rings. The minimum atomic E-state index is 0.107. The van der Waals surface area contributed by atoms with Crippen molar-refractivity contribution < 1.29 is 9.21 Å². The van der Waals surface area contributed by atoms with E-state index in [0.29, 0.717) is 12.6 Å². The first-order chi connectivity index (χ1) is 13.8. The van der Waals surface area contributed by atoms with Gasteiger partial charge in [-0.25, -0.2) is 0 Å². The monoisotopic (exact) mass is 382 g/mol. The van der Waals surface area contributed by atoms with Crippen molar-refractivity contribution >= 4 is 5.91 Å². The van der Waals surface area contributed by atoms with Gasteiger partial charge in [0, 0.05) is 43.6 Å². The van der Waals surface area contributed by atoms with E-state index in [9.17, 15) is 4.79 Å². The highest BCUT2D eigenvalue weighted by molar-refractivity contribution is 5.78. The summed E-state index contributed by atoms with van der Waals surface area (Å²) in [5.41, 5.74) is 2.35. The highest BCUT2D eigenvalue weighted by Gasteiger charge is 2.31. The van der Waals surface area contributed by atoms with Gasteiger partial charge in [-0.05, 0) is 69.1 Å². The maximum Gasteiger partial charge on any atom is 0.224 e. The summed E-state index contributed by atoms with van der Waals surface area (Å²) in [6.07, 6.45) is 11.6. The van der Waals surface area contributed by atoms with E-state index in [1.165, 1.54) is 18.4 Å². The smallest absolute Gasteiger partial charge is 0.224 e. The van der Waals surface area contributed by atoms with Crippen molar-refractivity contribution in [3.63, 3.8) is 0 Å². The van der Waals surface area contributed by atoms with Gasteiger partial charge < -0.3 is 9.73 Å². The fourth-order valence-corrected chi connectivity index (χ4v) is 4.47. The highest BCUT2D eigenvalue weighted by atomic mass is 16.3. The number of piperidine rings is 2. The SMILES string of the molecule is O=C(NCc1ccoc1)C1CCCN(C2CCN(Cc3ccncc3)CC2)C1. The number of pyridine rings is 1. The first kappa shape index (κ1) is 19.2. The van der Waals surface area contributed by atoms with Crippen LogP contribution in [0.2, 0.25) is 0 Å². The molecule has 0 saturated carbocycles. The summed E-state index contributed by atoms with van der Waals surface area (Å²) in [5.74, 6) is 0.288. The molecule has 2 saturated heterocycles. The zero-order chi connectivity index (χ0) is 19.2. The van der Waals surface area contributed by atoms with Crippen LogP contribution in [0.25, 0.3) is 0 Å². The van der Waals surface area contributed by atoms with Gasteiger partial charge in [-0.2, -0.15) is 0 Å². The van der Waals surface area contributed by atoms with E-state index in [1.807, 2.05) is 18.5 Å². The molecule has 150 valence electrons. The molecule has 2 aliphatic heterocycles. The summed E-state index contributed by atoms with van der Waals surface area (Å²) in [7, 11) is 0. The minimum absolute atomic E-state index is 0.107. The maximum absolute atomic E-state index is 12.6. The van der Waals surface area contributed by atoms with Crippen molar-refractivity contribution in [3.05, 3.63) is 54.2 Å². The van der Waals surface area contributed by atoms with Gasteiger partial charge in [0.15, 0.2) is 0 Å². The van der Waals surface area contributed by atoms with Gasteiger partial charge in [0.2, 0.25) is 5.91 Å². The van der Waals surface area contributed by atoms with Crippen LogP contribution in [-0.2, 0) is 17.9 Å². The summed E-state index contributed by atoms with van der Waals surface area (Å²) in [4.78, 5) is 21.8. The van der Waals surface area contributed by atoms with E-state index in [0.717, 1.165) is 51.1 Å². The third-order valence-corrected chi connectivity index (χ3v) is 6.10. The molecule has 1 atom stereocenters. The Kier molecular flexibility index (Phi) is 6.39. The molecule has 2 fully saturated rings. The van der Waals surface area contributed by atoms with Crippen LogP contribution in [0.3, 0.4) is 0 Å². The zero-order valence-corrected chi connectivity index (χ0v) is 16.4. The summed E-state index contributed by atoms with van der Waals surface area (Å²) in [6.45, 7) is 5.84. The van der Waals surface area contributed by atoms with Crippen molar-refractivity contribution in [2.75, 3.05) is 26.2 Å². The molecule has 2 aromatic heterocycles. The van der Waals surface area contributed by atoms with E-state index < -0.39 is 0 Å². The molecule has 6 nitrogen and oxygen atoms in total. The fourth-order valence-electron chi connectivity index (χ4n) is 4.47. The van der Waals surface area contributed by atoms with Crippen molar-refractivity contribution in [2.45, 2.75) is 44.8 Å². The third-order valence-electron chi connectivity index (χ3n) is 6.10. The van der Waals surface area contributed by atoms with E-state index in [2.05, 4.69) is 32.2 Å². The molecule has 1 unspecified atom stereocenters. The lowest BCUT2D eigenvalue weighted by molar-refractivity contribution is -0.127. The Morgan fingerprint density at radius 2 is 1.93 bits per heavy atom. The van der Waals surface area contributed by atoms with Gasteiger partial charge in [-0.15, -0.1) is 0 Å². The molecule has 28 heavy (non-hydrogen) atoms.